The van der Waals surface area contributed by atoms with Crippen molar-refractivity contribution in [1.29, 1.82) is 0 Å². The van der Waals surface area contributed by atoms with E-state index in [2.05, 4.69) is 46.8 Å². The number of benzene rings is 1. The van der Waals surface area contributed by atoms with Crippen molar-refractivity contribution in [2.45, 2.75) is 213 Å². The van der Waals surface area contributed by atoms with Gasteiger partial charge in [0, 0.05) is 0 Å². The van der Waals surface area contributed by atoms with E-state index in [0.29, 0.717) is 17.6 Å². The van der Waals surface area contributed by atoms with E-state index in [0.717, 1.165) is 0 Å². The van der Waals surface area contributed by atoms with Gasteiger partial charge in [0.1, 0.15) is 5.75 Å². The second-order valence-electron chi connectivity index (χ2n) is 13.3. The van der Waals surface area contributed by atoms with E-state index in [-0.39, 0.29) is 0 Å². The van der Waals surface area contributed by atoms with E-state index >= 15 is 0 Å². The maximum atomic E-state index is 11.5. The van der Waals surface area contributed by atoms with Crippen LogP contribution in [0.5, 0.6) is 5.75 Å². The zero-order chi connectivity index (χ0) is 29.3. The van der Waals surface area contributed by atoms with Crippen molar-refractivity contribution in [3.63, 3.8) is 0 Å². The molecule has 0 saturated carbocycles. The van der Waals surface area contributed by atoms with Gasteiger partial charge in [-0.1, -0.05) is 188 Å². The van der Waals surface area contributed by atoms with E-state index in [1.54, 1.807) is 0 Å². The summed E-state index contributed by atoms with van der Waals surface area (Å²) in [5.74, 6) is 1.52. The van der Waals surface area contributed by atoms with Gasteiger partial charge < -0.3 is 5.11 Å². The molecular weight excluding hydrogens is 484 g/mol. The molecule has 0 saturated heterocycles. The smallest absolute Gasteiger partial charge is 0.122 e. The minimum Gasteiger partial charge on any atom is -0.507 e. The lowest BCUT2D eigenvalue weighted by Crippen LogP contribution is -2.03. The fourth-order valence-corrected chi connectivity index (χ4v) is 6.41. The van der Waals surface area contributed by atoms with Crippen LogP contribution in [0.15, 0.2) is 12.1 Å². The molecule has 0 fully saturated rings. The number of hydrogen-bond acceptors (Lipinski definition) is 1. The van der Waals surface area contributed by atoms with E-state index in [1.165, 1.54) is 184 Å². The van der Waals surface area contributed by atoms with Crippen LogP contribution in [0.3, 0.4) is 0 Å². The highest BCUT2D eigenvalue weighted by atomic mass is 16.3. The third-order valence-electron chi connectivity index (χ3n) is 9.34. The van der Waals surface area contributed by atoms with Crippen molar-refractivity contribution in [3.8, 4) is 5.75 Å². The molecule has 0 bridgehead atoms. The highest BCUT2D eigenvalue weighted by Crippen LogP contribution is 2.39. The lowest BCUT2D eigenvalue weighted by atomic mass is 9.85. The molecule has 1 heteroatoms. The van der Waals surface area contributed by atoms with Crippen LogP contribution < -0.4 is 0 Å². The molecule has 0 heterocycles. The molecule has 0 aliphatic carbocycles. The third-order valence-corrected chi connectivity index (χ3v) is 9.34. The minimum absolute atomic E-state index is 0.447. The van der Waals surface area contributed by atoms with Crippen LogP contribution in [0.2, 0.25) is 0 Å². The monoisotopic (exact) mass is 557 g/mol. The molecule has 0 aromatic heterocycles. The molecule has 2 unspecified atom stereocenters. The highest BCUT2D eigenvalue weighted by molar-refractivity contribution is 5.47. The van der Waals surface area contributed by atoms with Gasteiger partial charge in [-0.2, -0.15) is 0 Å². The highest BCUT2D eigenvalue weighted by Gasteiger charge is 2.19. The minimum atomic E-state index is 0.447. The summed E-state index contributed by atoms with van der Waals surface area (Å²) in [5, 5.41) is 11.5. The van der Waals surface area contributed by atoms with Crippen molar-refractivity contribution in [1.82, 2.24) is 0 Å². The summed E-state index contributed by atoms with van der Waals surface area (Å²) < 4.78 is 0. The first-order chi connectivity index (χ1) is 19.5. The molecule has 234 valence electrons. The zero-order valence-corrected chi connectivity index (χ0v) is 28.1. The first-order valence-electron chi connectivity index (χ1n) is 18.4. The number of phenols is 1. The van der Waals surface area contributed by atoms with Gasteiger partial charge in [0.05, 0.1) is 0 Å². The maximum absolute atomic E-state index is 11.5. The van der Waals surface area contributed by atoms with Crippen LogP contribution in [-0.4, -0.2) is 5.11 Å². The molecular formula is C39H72O. The lowest BCUT2D eigenvalue weighted by Gasteiger charge is -2.21. The Morgan fingerprint density at radius 3 is 1.10 bits per heavy atom. The van der Waals surface area contributed by atoms with Gasteiger partial charge >= 0.3 is 0 Å². The fraction of sp³-hybridized carbons (Fsp3) is 0.846. The number of rotatable bonds is 28. The molecule has 1 N–H and O–H groups in total. The molecule has 1 rings (SSSR count). The maximum Gasteiger partial charge on any atom is 0.122 e. The summed E-state index contributed by atoms with van der Waals surface area (Å²) in [5.41, 5.74) is 3.95. The van der Waals surface area contributed by atoms with E-state index in [9.17, 15) is 5.11 Å². The van der Waals surface area contributed by atoms with Gasteiger partial charge in [-0.25, -0.2) is 0 Å². The molecule has 0 amide bonds. The molecule has 0 radical (unpaired) electrons. The average Bonchev–Trinajstić information content (AvgIpc) is 2.95. The molecule has 1 aromatic carbocycles. The number of aryl methyl sites for hydroxylation is 1. The first-order valence-corrected chi connectivity index (χ1v) is 18.4. The molecule has 1 nitrogen and oxygen atoms in total. The Bertz CT molecular complexity index is 645. The second kappa shape index (κ2) is 25.7. The molecule has 0 aliphatic heterocycles. The fourth-order valence-electron chi connectivity index (χ4n) is 6.41. The predicted octanol–water partition coefficient (Wildman–Crippen LogP) is 14.0. The second-order valence-corrected chi connectivity index (χ2v) is 13.3. The summed E-state index contributed by atoms with van der Waals surface area (Å²) in [6.07, 6.45) is 35.0. The van der Waals surface area contributed by atoms with E-state index < -0.39 is 0 Å². The van der Waals surface area contributed by atoms with Gasteiger partial charge in [-0.3, -0.25) is 0 Å². The Morgan fingerprint density at radius 2 is 0.750 bits per heavy atom. The summed E-state index contributed by atoms with van der Waals surface area (Å²) >= 11 is 0. The van der Waals surface area contributed by atoms with Crippen LogP contribution in [0.1, 0.15) is 224 Å². The van der Waals surface area contributed by atoms with Gasteiger partial charge in [0.25, 0.3) is 0 Å². The SMILES string of the molecule is CCCCCCCCCCC(C)c1cc(CCCCCCCCC)cc(C(C)CCCCCCCCCC)c1O. The van der Waals surface area contributed by atoms with Gasteiger partial charge in [-0.05, 0) is 54.2 Å². The van der Waals surface area contributed by atoms with Crippen molar-refractivity contribution >= 4 is 0 Å². The normalized spacial score (nSPS) is 13.1. The molecule has 0 aliphatic rings. The molecule has 40 heavy (non-hydrogen) atoms. The molecule has 1 aromatic rings. The third kappa shape index (κ3) is 17.7. The standard InChI is InChI=1S/C39H72O/c1-6-9-12-15-18-21-23-26-29-34(4)37-32-36(31-28-25-20-17-14-11-8-3)33-38(39(37)40)35(5)30-27-24-22-19-16-13-10-7-2/h32-35,40H,6-31H2,1-5H3. The van der Waals surface area contributed by atoms with Crippen LogP contribution in [0.25, 0.3) is 0 Å². The van der Waals surface area contributed by atoms with Crippen molar-refractivity contribution in [2.75, 3.05) is 0 Å². The van der Waals surface area contributed by atoms with Gasteiger partial charge in [0.15, 0.2) is 0 Å². The Balaban J connectivity index is 2.68. The topological polar surface area (TPSA) is 20.2 Å². The number of aromatic hydroxyl groups is 1. The Morgan fingerprint density at radius 1 is 0.450 bits per heavy atom. The van der Waals surface area contributed by atoms with Crippen molar-refractivity contribution < 1.29 is 5.11 Å². The quantitative estimate of drug-likeness (QED) is 0.102. The van der Waals surface area contributed by atoms with Crippen molar-refractivity contribution in [3.05, 3.63) is 28.8 Å². The average molecular weight is 557 g/mol. The Hall–Kier alpha value is -0.980. The largest absolute Gasteiger partial charge is 0.507 e. The predicted molar refractivity (Wildman–Crippen MR) is 181 cm³/mol. The van der Waals surface area contributed by atoms with Crippen LogP contribution in [0.4, 0.5) is 0 Å². The lowest BCUT2D eigenvalue weighted by molar-refractivity contribution is 0.440. The van der Waals surface area contributed by atoms with Crippen molar-refractivity contribution in [2.24, 2.45) is 0 Å². The number of phenolic OH excluding ortho intramolecular Hbond substituents is 1. The van der Waals surface area contributed by atoms with Gasteiger partial charge in [0.2, 0.25) is 0 Å². The van der Waals surface area contributed by atoms with Crippen LogP contribution >= 0.6 is 0 Å². The summed E-state index contributed by atoms with van der Waals surface area (Å²) in [4.78, 5) is 0. The first kappa shape index (κ1) is 37.0. The summed E-state index contributed by atoms with van der Waals surface area (Å²) in [6, 6.07) is 4.77. The van der Waals surface area contributed by atoms with Gasteiger partial charge in [-0.15, -0.1) is 0 Å². The van der Waals surface area contributed by atoms with E-state index in [1.807, 2.05) is 0 Å². The molecule has 0 spiro atoms. The number of unbranched alkanes of at least 4 members (excludes halogenated alkanes) is 20. The Kier molecular flexibility index (Phi) is 23.8. The number of hydrogen-bond donors (Lipinski definition) is 1. The summed E-state index contributed by atoms with van der Waals surface area (Å²) in [7, 11) is 0. The van der Waals surface area contributed by atoms with Crippen LogP contribution in [0, 0.1) is 0 Å². The molecule has 2 atom stereocenters. The zero-order valence-electron chi connectivity index (χ0n) is 28.1. The Labute approximate surface area is 252 Å². The van der Waals surface area contributed by atoms with E-state index in [4.69, 9.17) is 0 Å². The summed E-state index contributed by atoms with van der Waals surface area (Å²) in [6.45, 7) is 11.6. The van der Waals surface area contributed by atoms with Crippen LogP contribution in [-0.2, 0) is 6.42 Å².